The van der Waals surface area contributed by atoms with Crippen molar-refractivity contribution in [2.24, 2.45) is 0 Å². The summed E-state index contributed by atoms with van der Waals surface area (Å²) in [6, 6.07) is 18.3. The number of Topliss-reactive ketones (excluding diaryl/α,β-unsaturated/α-hetero) is 1. The number of dihydropyridines is 1. The second-order valence-corrected chi connectivity index (χ2v) is 7.39. The van der Waals surface area contributed by atoms with Gasteiger partial charge in [0.2, 0.25) is 0 Å². The molecule has 0 saturated carbocycles. The minimum atomic E-state index is -0.583. The van der Waals surface area contributed by atoms with Crippen LogP contribution in [-0.2, 0) is 4.79 Å². The number of rotatable bonds is 3. The SMILES string of the molecule is CC1=C(C#N)C(c2cccc([N+](=O)[O-])c2)C2=C(CC(c3ccccc3)CC2=O)N1. The third-order valence-corrected chi connectivity index (χ3v) is 5.63. The first-order chi connectivity index (χ1) is 14.0. The number of hydrogen-bond donors (Lipinski definition) is 1. The largest absolute Gasteiger partial charge is 0.361 e. The lowest BCUT2D eigenvalue weighted by Crippen LogP contribution is -2.33. The third-order valence-electron chi connectivity index (χ3n) is 5.63. The normalized spacial score (nSPS) is 21.3. The number of hydrogen-bond acceptors (Lipinski definition) is 5. The Morgan fingerprint density at radius 2 is 1.83 bits per heavy atom. The molecule has 1 heterocycles. The summed E-state index contributed by atoms with van der Waals surface area (Å²) in [7, 11) is 0. The first-order valence-corrected chi connectivity index (χ1v) is 9.43. The zero-order chi connectivity index (χ0) is 20.5. The van der Waals surface area contributed by atoms with Crippen molar-refractivity contribution >= 4 is 11.5 Å². The quantitative estimate of drug-likeness (QED) is 0.621. The molecule has 2 aromatic rings. The van der Waals surface area contributed by atoms with Crippen LogP contribution in [0.5, 0.6) is 0 Å². The van der Waals surface area contributed by atoms with E-state index in [9.17, 15) is 20.2 Å². The van der Waals surface area contributed by atoms with Crippen LogP contribution >= 0.6 is 0 Å². The van der Waals surface area contributed by atoms with Crippen molar-refractivity contribution in [1.82, 2.24) is 5.32 Å². The molecule has 0 aromatic heterocycles. The number of nitriles is 1. The number of carbonyl (C=O) groups excluding carboxylic acids is 1. The van der Waals surface area contributed by atoms with E-state index < -0.39 is 10.8 Å². The van der Waals surface area contributed by atoms with Crippen LogP contribution in [-0.4, -0.2) is 10.7 Å². The number of benzene rings is 2. The van der Waals surface area contributed by atoms with Gasteiger partial charge in [-0.3, -0.25) is 14.9 Å². The van der Waals surface area contributed by atoms with E-state index in [4.69, 9.17) is 0 Å². The molecular weight excluding hydrogens is 366 g/mol. The monoisotopic (exact) mass is 385 g/mol. The topological polar surface area (TPSA) is 96.0 Å². The van der Waals surface area contributed by atoms with Gasteiger partial charge in [0.1, 0.15) is 0 Å². The van der Waals surface area contributed by atoms with E-state index in [0.29, 0.717) is 35.2 Å². The van der Waals surface area contributed by atoms with Gasteiger partial charge in [-0.25, -0.2) is 0 Å². The average molecular weight is 385 g/mol. The van der Waals surface area contributed by atoms with Gasteiger partial charge in [0, 0.05) is 35.5 Å². The third kappa shape index (κ3) is 3.32. The van der Waals surface area contributed by atoms with Gasteiger partial charge in [0.25, 0.3) is 5.69 Å². The molecule has 29 heavy (non-hydrogen) atoms. The van der Waals surface area contributed by atoms with Gasteiger partial charge in [0.15, 0.2) is 5.78 Å². The highest BCUT2D eigenvalue weighted by molar-refractivity contribution is 6.00. The van der Waals surface area contributed by atoms with Gasteiger partial charge in [-0.05, 0) is 30.4 Å². The number of allylic oxidation sites excluding steroid dienone is 4. The highest BCUT2D eigenvalue weighted by Crippen LogP contribution is 2.45. The number of nitrogens with one attached hydrogen (secondary N) is 1. The zero-order valence-electron chi connectivity index (χ0n) is 15.9. The van der Waals surface area contributed by atoms with E-state index in [1.165, 1.54) is 12.1 Å². The number of nitrogens with zero attached hydrogens (tertiary/aromatic N) is 2. The molecule has 0 radical (unpaired) electrons. The Bertz CT molecular complexity index is 1110. The lowest BCUT2D eigenvalue weighted by atomic mass is 9.72. The fourth-order valence-corrected chi connectivity index (χ4v) is 4.30. The van der Waals surface area contributed by atoms with Crippen molar-refractivity contribution in [3.63, 3.8) is 0 Å². The molecule has 6 heteroatoms. The molecule has 2 atom stereocenters. The van der Waals surface area contributed by atoms with E-state index in [2.05, 4.69) is 11.4 Å². The van der Waals surface area contributed by atoms with Crippen LogP contribution in [0.4, 0.5) is 5.69 Å². The lowest BCUT2D eigenvalue weighted by molar-refractivity contribution is -0.384. The molecule has 2 unspecified atom stereocenters. The van der Waals surface area contributed by atoms with Crippen LogP contribution in [0.2, 0.25) is 0 Å². The fraction of sp³-hybridized carbons (Fsp3) is 0.217. The second-order valence-electron chi connectivity index (χ2n) is 7.39. The molecule has 2 aliphatic rings. The summed E-state index contributed by atoms with van der Waals surface area (Å²) < 4.78 is 0. The van der Waals surface area contributed by atoms with Crippen LogP contribution in [0.15, 0.2) is 77.1 Å². The molecule has 1 aliphatic heterocycles. The van der Waals surface area contributed by atoms with Gasteiger partial charge in [-0.15, -0.1) is 0 Å². The van der Waals surface area contributed by atoms with E-state index in [1.54, 1.807) is 12.1 Å². The van der Waals surface area contributed by atoms with E-state index in [1.807, 2.05) is 37.3 Å². The van der Waals surface area contributed by atoms with Crippen molar-refractivity contribution < 1.29 is 9.72 Å². The molecule has 0 saturated heterocycles. The molecule has 0 amide bonds. The minimum Gasteiger partial charge on any atom is -0.361 e. The predicted molar refractivity (Wildman–Crippen MR) is 108 cm³/mol. The zero-order valence-corrected chi connectivity index (χ0v) is 15.9. The summed E-state index contributed by atoms with van der Waals surface area (Å²) >= 11 is 0. The Kier molecular flexibility index (Phi) is 4.73. The number of ketones is 1. The van der Waals surface area contributed by atoms with Gasteiger partial charge in [0.05, 0.1) is 22.5 Å². The van der Waals surface area contributed by atoms with Crippen molar-refractivity contribution in [3.05, 3.63) is 98.4 Å². The Hall–Kier alpha value is -3.72. The van der Waals surface area contributed by atoms with Crippen LogP contribution in [0.1, 0.15) is 42.7 Å². The number of carbonyl (C=O) groups is 1. The molecular formula is C23H19N3O3. The van der Waals surface area contributed by atoms with Gasteiger partial charge < -0.3 is 5.32 Å². The van der Waals surface area contributed by atoms with Crippen LogP contribution in [0, 0.1) is 21.4 Å². The highest BCUT2D eigenvalue weighted by Gasteiger charge is 2.39. The maximum absolute atomic E-state index is 13.2. The van der Waals surface area contributed by atoms with E-state index >= 15 is 0 Å². The van der Waals surface area contributed by atoms with Crippen molar-refractivity contribution in [1.29, 1.82) is 5.26 Å². The van der Waals surface area contributed by atoms with E-state index in [0.717, 1.165) is 11.3 Å². The summed E-state index contributed by atoms with van der Waals surface area (Å²) in [5, 5.41) is 24.3. The van der Waals surface area contributed by atoms with Gasteiger partial charge >= 0.3 is 0 Å². The first kappa shape index (κ1) is 18.6. The molecule has 0 bridgehead atoms. The Labute approximate surface area is 168 Å². The Morgan fingerprint density at radius 3 is 2.52 bits per heavy atom. The Balaban J connectivity index is 1.81. The molecule has 0 spiro atoms. The summed E-state index contributed by atoms with van der Waals surface area (Å²) in [5.41, 5.74) is 4.12. The van der Waals surface area contributed by atoms with Crippen molar-refractivity contribution in [2.75, 3.05) is 0 Å². The van der Waals surface area contributed by atoms with E-state index in [-0.39, 0.29) is 17.4 Å². The van der Waals surface area contributed by atoms with Crippen molar-refractivity contribution in [2.45, 2.75) is 31.6 Å². The summed E-state index contributed by atoms with van der Waals surface area (Å²) in [6.07, 6.45) is 1.01. The Morgan fingerprint density at radius 1 is 1.10 bits per heavy atom. The molecule has 2 aromatic carbocycles. The average Bonchev–Trinajstić information content (AvgIpc) is 2.73. The standard InChI is InChI=1S/C23H19N3O3/c1-14-19(13-24)22(16-8-5-9-18(10-16)26(28)29)23-20(25-14)11-17(12-21(23)27)15-6-3-2-4-7-15/h2-10,17,22,25H,11-12H2,1H3. The molecule has 1 aliphatic carbocycles. The highest BCUT2D eigenvalue weighted by atomic mass is 16.6. The van der Waals surface area contributed by atoms with Crippen molar-refractivity contribution in [3.8, 4) is 6.07 Å². The van der Waals surface area contributed by atoms with Gasteiger partial charge in [-0.2, -0.15) is 5.26 Å². The molecule has 6 nitrogen and oxygen atoms in total. The molecule has 144 valence electrons. The second kappa shape index (κ2) is 7.36. The minimum absolute atomic E-state index is 0.0237. The number of non-ortho nitro benzene ring substituents is 1. The maximum atomic E-state index is 13.2. The predicted octanol–water partition coefficient (Wildman–Crippen LogP) is 4.48. The summed E-state index contributed by atoms with van der Waals surface area (Å²) in [6.45, 7) is 1.81. The fourth-order valence-electron chi connectivity index (χ4n) is 4.30. The van der Waals surface area contributed by atoms with Crippen LogP contribution in [0.3, 0.4) is 0 Å². The lowest BCUT2D eigenvalue weighted by Gasteiger charge is -2.35. The van der Waals surface area contributed by atoms with Crippen LogP contribution < -0.4 is 5.32 Å². The summed E-state index contributed by atoms with van der Waals surface area (Å²) in [5.74, 6) is -0.540. The maximum Gasteiger partial charge on any atom is 0.269 e. The van der Waals surface area contributed by atoms with Gasteiger partial charge in [-0.1, -0.05) is 42.5 Å². The molecule has 0 fully saturated rings. The smallest absolute Gasteiger partial charge is 0.269 e. The number of nitro groups is 1. The molecule has 1 N–H and O–H groups in total. The summed E-state index contributed by atoms with van der Waals surface area (Å²) in [4.78, 5) is 24.0. The first-order valence-electron chi connectivity index (χ1n) is 9.43. The van der Waals surface area contributed by atoms with Crippen LogP contribution in [0.25, 0.3) is 0 Å². The molecule has 4 rings (SSSR count). The number of nitro benzene ring substituents is 1.